The molecule has 6 nitrogen and oxygen atoms in total. The van der Waals surface area contributed by atoms with Gasteiger partial charge in [0.2, 0.25) is 5.91 Å². The normalized spacial score (nSPS) is 22.4. The van der Waals surface area contributed by atoms with Crippen molar-refractivity contribution in [1.29, 1.82) is 0 Å². The molecule has 1 aliphatic rings. The summed E-state index contributed by atoms with van der Waals surface area (Å²) in [6.07, 6.45) is 2.18. The Balaban J connectivity index is 0.00000256. The number of likely N-dealkylation sites (tertiary alicyclic amines) is 1. The van der Waals surface area contributed by atoms with Crippen molar-refractivity contribution in [3.05, 3.63) is 0 Å². The molecule has 0 saturated carbocycles. The number of nitrogens with zero attached hydrogens (tertiary/aromatic N) is 1. The first kappa shape index (κ1) is 16.1. The molecule has 1 rings (SSSR count). The summed E-state index contributed by atoms with van der Waals surface area (Å²) in [5, 5.41) is 5.31. The van der Waals surface area contributed by atoms with Crippen LogP contribution in [0.3, 0.4) is 0 Å². The smallest absolute Gasteiger partial charge is 0.318 e. The second kappa shape index (κ2) is 7.47. The van der Waals surface area contributed by atoms with Crippen molar-refractivity contribution in [3.63, 3.8) is 0 Å². The average Bonchev–Trinajstić information content (AvgIpc) is 2.27. The molecule has 0 aromatic heterocycles. The number of carbonyl (C=O) groups is 2. The highest BCUT2D eigenvalue weighted by Crippen LogP contribution is 2.12. The number of likely N-dealkylation sites (N-methyl/N-ethyl adjacent to an activating group) is 1. The predicted molar refractivity (Wildman–Crippen MR) is 68.1 cm³/mol. The van der Waals surface area contributed by atoms with Crippen molar-refractivity contribution in [1.82, 2.24) is 15.5 Å². The molecule has 1 fully saturated rings. The van der Waals surface area contributed by atoms with Gasteiger partial charge < -0.3 is 11.1 Å². The van der Waals surface area contributed by atoms with Crippen LogP contribution in [-0.2, 0) is 4.79 Å². The number of hydrogen-bond acceptors (Lipinski definition) is 4. The molecule has 1 aliphatic heterocycles. The van der Waals surface area contributed by atoms with Gasteiger partial charge in [-0.05, 0) is 33.4 Å². The van der Waals surface area contributed by atoms with Gasteiger partial charge in [-0.2, -0.15) is 0 Å². The Hall–Kier alpha value is -0.850. The van der Waals surface area contributed by atoms with E-state index in [1.807, 2.05) is 7.05 Å². The Morgan fingerprint density at radius 1 is 1.47 bits per heavy atom. The van der Waals surface area contributed by atoms with Gasteiger partial charge in [-0.15, -0.1) is 12.4 Å². The third-order valence-corrected chi connectivity index (χ3v) is 3.03. The zero-order valence-electron chi connectivity index (χ0n) is 10.2. The van der Waals surface area contributed by atoms with E-state index in [9.17, 15) is 9.59 Å². The van der Waals surface area contributed by atoms with Crippen molar-refractivity contribution in [3.8, 4) is 0 Å². The molecule has 2 unspecified atom stereocenters. The van der Waals surface area contributed by atoms with E-state index in [4.69, 9.17) is 5.73 Å². The molecule has 17 heavy (non-hydrogen) atoms. The highest BCUT2D eigenvalue weighted by molar-refractivity contribution is 5.96. The molecule has 1 heterocycles. The van der Waals surface area contributed by atoms with Crippen LogP contribution < -0.4 is 16.4 Å². The number of primary amides is 1. The molecule has 1 saturated heterocycles. The Kier molecular flexibility index (Phi) is 7.10. The number of rotatable bonds is 3. The lowest BCUT2D eigenvalue weighted by Gasteiger charge is -2.35. The first-order chi connectivity index (χ1) is 7.54. The fraction of sp³-hybridized carbons (Fsp3) is 0.800. The Bertz CT molecular complexity index is 275. The molecule has 0 aromatic rings. The number of amides is 3. The standard InChI is InChI=1S/C10H20N4O2.ClH/c1-7(9(15)13-10(11)16)14-5-3-4-8(6-14)12-2;/h7-8,12H,3-6H2,1-2H3,(H3,11,13,15,16);1H. The molecule has 7 heteroatoms. The van der Waals surface area contributed by atoms with E-state index in [2.05, 4.69) is 15.5 Å². The fourth-order valence-corrected chi connectivity index (χ4v) is 1.99. The maximum absolute atomic E-state index is 11.6. The molecule has 0 radical (unpaired) electrons. The Morgan fingerprint density at radius 3 is 2.65 bits per heavy atom. The summed E-state index contributed by atoms with van der Waals surface area (Å²) in [6.45, 7) is 3.49. The number of nitrogens with two attached hydrogens (primary N) is 1. The van der Waals surface area contributed by atoms with Crippen LogP contribution in [0.15, 0.2) is 0 Å². The second-order valence-electron chi connectivity index (χ2n) is 4.15. The van der Waals surface area contributed by atoms with E-state index in [0.717, 1.165) is 25.9 Å². The molecule has 0 aliphatic carbocycles. The van der Waals surface area contributed by atoms with Crippen molar-refractivity contribution < 1.29 is 9.59 Å². The van der Waals surface area contributed by atoms with Gasteiger partial charge in [0.15, 0.2) is 0 Å². The summed E-state index contributed by atoms with van der Waals surface area (Å²) in [4.78, 5) is 24.2. The third kappa shape index (κ3) is 4.89. The summed E-state index contributed by atoms with van der Waals surface area (Å²) >= 11 is 0. The van der Waals surface area contributed by atoms with E-state index in [0.29, 0.717) is 6.04 Å². The van der Waals surface area contributed by atoms with E-state index < -0.39 is 6.03 Å². The summed E-state index contributed by atoms with van der Waals surface area (Å²) in [5.74, 6) is -0.329. The summed E-state index contributed by atoms with van der Waals surface area (Å²) < 4.78 is 0. The Labute approximate surface area is 108 Å². The molecule has 4 N–H and O–H groups in total. The first-order valence-corrected chi connectivity index (χ1v) is 5.56. The molecule has 2 atom stereocenters. The average molecular weight is 265 g/mol. The lowest BCUT2D eigenvalue weighted by atomic mass is 10.0. The maximum atomic E-state index is 11.6. The number of piperidine rings is 1. The molecule has 100 valence electrons. The van der Waals surface area contributed by atoms with Crippen LogP contribution in [0.25, 0.3) is 0 Å². The highest BCUT2D eigenvalue weighted by Gasteiger charge is 2.27. The zero-order chi connectivity index (χ0) is 12.1. The summed E-state index contributed by atoms with van der Waals surface area (Å²) in [5.41, 5.74) is 4.91. The van der Waals surface area contributed by atoms with E-state index in [1.54, 1.807) is 6.92 Å². The van der Waals surface area contributed by atoms with Crippen molar-refractivity contribution in [2.45, 2.75) is 31.8 Å². The van der Waals surface area contributed by atoms with Gasteiger partial charge in [0, 0.05) is 12.6 Å². The molecule has 0 spiro atoms. The van der Waals surface area contributed by atoms with Gasteiger partial charge in [0.25, 0.3) is 0 Å². The van der Waals surface area contributed by atoms with E-state index in [-0.39, 0.29) is 24.4 Å². The zero-order valence-corrected chi connectivity index (χ0v) is 11.0. The fourth-order valence-electron chi connectivity index (χ4n) is 1.99. The van der Waals surface area contributed by atoms with E-state index >= 15 is 0 Å². The second-order valence-corrected chi connectivity index (χ2v) is 4.15. The number of urea groups is 1. The van der Waals surface area contributed by atoms with Gasteiger partial charge >= 0.3 is 6.03 Å². The van der Waals surface area contributed by atoms with Gasteiger partial charge in [-0.3, -0.25) is 15.0 Å². The summed E-state index contributed by atoms with van der Waals surface area (Å²) in [7, 11) is 1.92. The molecular weight excluding hydrogens is 244 g/mol. The molecular formula is C10H21ClN4O2. The van der Waals surface area contributed by atoms with Crippen LogP contribution in [-0.4, -0.2) is 49.1 Å². The van der Waals surface area contributed by atoms with Crippen molar-refractivity contribution in [2.75, 3.05) is 20.1 Å². The maximum Gasteiger partial charge on any atom is 0.318 e. The molecule has 0 aromatic carbocycles. The lowest BCUT2D eigenvalue weighted by molar-refractivity contribution is -0.125. The van der Waals surface area contributed by atoms with Crippen LogP contribution in [0.4, 0.5) is 4.79 Å². The van der Waals surface area contributed by atoms with E-state index in [1.165, 1.54) is 0 Å². The van der Waals surface area contributed by atoms with Gasteiger partial charge in [0.1, 0.15) is 0 Å². The minimum Gasteiger partial charge on any atom is -0.351 e. The predicted octanol–water partition coefficient (Wildman–Crippen LogP) is -0.325. The van der Waals surface area contributed by atoms with Crippen LogP contribution in [0.1, 0.15) is 19.8 Å². The first-order valence-electron chi connectivity index (χ1n) is 5.56. The third-order valence-electron chi connectivity index (χ3n) is 3.03. The lowest BCUT2D eigenvalue weighted by Crippen LogP contribution is -2.54. The largest absolute Gasteiger partial charge is 0.351 e. The quantitative estimate of drug-likeness (QED) is 0.652. The molecule has 0 bridgehead atoms. The Morgan fingerprint density at radius 2 is 2.12 bits per heavy atom. The van der Waals surface area contributed by atoms with Crippen LogP contribution in [0.2, 0.25) is 0 Å². The number of imide groups is 1. The van der Waals surface area contributed by atoms with Crippen LogP contribution in [0.5, 0.6) is 0 Å². The van der Waals surface area contributed by atoms with Gasteiger partial charge in [-0.1, -0.05) is 0 Å². The van der Waals surface area contributed by atoms with Crippen molar-refractivity contribution >= 4 is 24.3 Å². The minimum atomic E-state index is -0.793. The topological polar surface area (TPSA) is 87.5 Å². The number of hydrogen-bond donors (Lipinski definition) is 3. The SMILES string of the molecule is CNC1CCCN(C(C)C(=O)NC(N)=O)C1.Cl. The molecule has 3 amide bonds. The summed E-state index contributed by atoms with van der Waals surface area (Å²) in [6, 6.07) is -0.694. The van der Waals surface area contributed by atoms with Crippen LogP contribution >= 0.6 is 12.4 Å². The number of halogens is 1. The monoisotopic (exact) mass is 264 g/mol. The number of carbonyl (C=O) groups excluding carboxylic acids is 2. The van der Waals surface area contributed by atoms with Gasteiger partial charge in [0.05, 0.1) is 6.04 Å². The highest BCUT2D eigenvalue weighted by atomic mass is 35.5. The van der Waals surface area contributed by atoms with Gasteiger partial charge in [-0.25, -0.2) is 4.79 Å². The minimum absolute atomic E-state index is 0. The van der Waals surface area contributed by atoms with Crippen LogP contribution in [0, 0.1) is 0 Å². The number of nitrogens with one attached hydrogen (secondary N) is 2. The van der Waals surface area contributed by atoms with Crippen molar-refractivity contribution in [2.24, 2.45) is 5.73 Å².